The van der Waals surface area contributed by atoms with Gasteiger partial charge in [-0.2, -0.15) is 0 Å². The van der Waals surface area contributed by atoms with Gasteiger partial charge in [0, 0.05) is 29.2 Å². The van der Waals surface area contributed by atoms with Crippen molar-refractivity contribution in [2.24, 2.45) is 10.9 Å². The van der Waals surface area contributed by atoms with Gasteiger partial charge in [-0.05, 0) is 61.4 Å². The highest BCUT2D eigenvalue weighted by Gasteiger charge is 2.00. The lowest BCUT2D eigenvalue weighted by Crippen LogP contribution is -2.04. The molecule has 1 atom stereocenters. The van der Waals surface area contributed by atoms with Gasteiger partial charge >= 0.3 is 0 Å². The molecule has 2 heterocycles. The number of aromatic nitrogens is 2. The predicted molar refractivity (Wildman–Crippen MR) is 110 cm³/mol. The molecule has 4 aromatic rings. The monoisotopic (exact) mass is 358 g/mol. The van der Waals surface area contributed by atoms with Crippen molar-refractivity contribution in [1.29, 1.82) is 0 Å². The highest BCUT2D eigenvalue weighted by Crippen LogP contribution is 2.17. The minimum Gasteiger partial charge on any atom is -0.411 e. The van der Waals surface area contributed by atoms with Gasteiger partial charge in [-0.3, -0.25) is 9.97 Å². The van der Waals surface area contributed by atoms with E-state index in [1.165, 1.54) is 0 Å². The summed E-state index contributed by atoms with van der Waals surface area (Å²) in [5.74, 6) is 0. The highest BCUT2D eigenvalue weighted by atomic mass is 16.4. The van der Waals surface area contributed by atoms with Crippen LogP contribution in [-0.2, 0) is 0 Å². The molecule has 0 aliphatic carbocycles. The number of nitrogens with two attached hydrogens (primary N) is 1. The maximum absolute atomic E-state index is 8.63. The molecule has 136 valence electrons. The van der Waals surface area contributed by atoms with Crippen molar-refractivity contribution in [3.05, 3.63) is 84.2 Å². The molecule has 0 amide bonds. The van der Waals surface area contributed by atoms with Gasteiger partial charge in [0.1, 0.15) is 0 Å². The van der Waals surface area contributed by atoms with Gasteiger partial charge in [-0.25, -0.2) is 0 Å². The van der Waals surface area contributed by atoms with Crippen molar-refractivity contribution in [3.8, 4) is 0 Å². The van der Waals surface area contributed by atoms with Gasteiger partial charge in [-0.15, -0.1) is 0 Å². The summed E-state index contributed by atoms with van der Waals surface area (Å²) in [6.07, 6.45) is 3.56. The number of hydrogen-bond donors (Lipinski definition) is 2. The number of pyridine rings is 2. The average Bonchev–Trinajstić information content (AvgIpc) is 2.72. The quantitative estimate of drug-likeness (QED) is 0.309. The highest BCUT2D eigenvalue weighted by molar-refractivity contribution is 6.01. The smallest absolute Gasteiger partial charge is 0.0837 e. The number of rotatable bonds is 2. The van der Waals surface area contributed by atoms with Crippen LogP contribution in [0.4, 0.5) is 0 Å². The van der Waals surface area contributed by atoms with E-state index >= 15 is 0 Å². The zero-order valence-electron chi connectivity index (χ0n) is 15.4. The van der Waals surface area contributed by atoms with Gasteiger partial charge in [0.25, 0.3) is 0 Å². The summed E-state index contributed by atoms with van der Waals surface area (Å²) in [4.78, 5) is 8.45. The fourth-order valence-corrected chi connectivity index (χ4v) is 2.74. The van der Waals surface area contributed by atoms with Gasteiger partial charge in [0.2, 0.25) is 0 Å². The van der Waals surface area contributed by atoms with Crippen molar-refractivity contribution in [3.63, 3.8) is 0 Å². The van der Waals surface area contributed by atoms with Crippen molar-refractivity contribution < 1.29 is 5.21 Å². The Kier molecular flexibility index (Phi) is 5.74. The Morgan fingerprint density at radius 1 is 0.926 bits per heavy atom. The summed E-state index contributed by atoms with van der Waals surface area (Å²) in [6.45, 7) is 3.75. The van der Waals surface area contributed by atoms with Crippen molar-refractivity contribution in [1.82, 2.24) is 9.97 Å². The van der Waals surface area contributed by atoms with E-state index < -0.39 is 0 Å². The molecule has 2 aromatic heterocycles. The number of fused-ring (bicyclic) bond motifs is 2. The number of oxime groups is 1. The second-order valence-electron chi connectivity index (χ2n) is 6.34. The van der Waals surface area contributed by atoms with E-state index in [0.29, 0.717) is 5.71 Å². The lowest BCUT2D eigenvalue weighted by molar-refractivity contribution is 0.319. The second-order valence-corrected chi connectivity index (χ2v) is 6.34. The first-order chi connectivity index (χ1) is 13.1. The Morgan fingerprint density at radius 2 is 1.52 bits per heavy atom. The first-order valence-corrected chi connectivity index (χ1v) is 8.72. The SMILES string of the molecule is C/C(=N\O)c1ccc2ncccc2c1.CC(N)c1ccc2ncccc2c1. The molecule has 0 saturated carbocycles. The maximum Gasteiger partial charge on any atom is 0.0837 e. The van der Waals surface area contributed by atoms with E-state index in [1.54, 1.807) is 19.3 Å². The molecule has 27 heavy (non-hydrogen) atoms. The summed E-state index contributed by atoms with van der Waals surface area (Å²) in [6, 6.07) is 19.8. The average molecular weight is 358 g/mol. The van der Waals surface area contributed by atoms with Crippen LogP contribution in [-0.4, -0.2) is 20.9 Å². The molecule has 5 heteroatoms. The number of nitrogens with zero attached hydrogens (tertiary/aromatic N) is 3. The Hall–Kier alpha value is -3.31. The van der Waals surface area contributed by atoms with Crippen LogP contribution < -0.4 is 5.73 Å². The largest absolute Gasteiger partial charge is 0.411 e. The van der Waals surface area contributed by atoms with Gasteiger partial charge in [-0.1, -0.05) is 29.4 Å². The molecular formula is C22H22N4O. The van der Waals surface area contributed by atoms with Crippen LogP contribution in [0.2, 0.25) is 0 Å². The zero-order valence-corrected chi connectivity index (χ0v) is 15.4. The molecule has 1 unspecified atom stereocenters. The molecular weight excluding hydrogens is 336 g/mol. The molecule has 0 aliphatic heterocycles. The van der Waals surface area contributed by atoms with Crippen LogP contribution in [0.25, 0.3) is 21.8 Å². The summed E-state index contributed by atoms with van der Waals surface area (Å²) in [5, 5.41) is 14.0. The molecule has 0 radical (unpaired) electrons. The third-order valence-electron chi connectivity index (χ3n) is 4.32. The van der Waals surface area contributed by atoms with Crippen molar-refractivity contribution >= 4 is 27.5 Å². The van der Waals surface area contributed by atoms with Gasteiger partial charge in [0.15, 0.2) is 0 Å². The number of benzene rings is 2. The first-order valence-electron chi connectivity index (χ1n) is 8.72. The normalized spacial score (nSPS) is 12.5. The summed E-state index contributed by atoms with van der Waals surface area (Å²) < 4.78 is 0. The predicted octanol–water partition coefficient (Wildman–Crippen LogP) is 4.69. The Morgan fingerprint density at radius 3 is 2.11 bits per heavy atom. The van der Waals surface area contributed by atoms with Crippen LogP contribution in [0.1, 0.15) is 31.0 Å². The summed E-state index contributed by atoms with van der Waals surface area (Å²) in [5.41, 5.74) is 10.4. The minimum absolute atomic E-state index is 0.0876. The second kappa shape index (κ2) is 8.38. The Balaban J connectivity index is 0.000000156. The van der Waals surface area contributed by atoms with E-state index in [0.717, 1.165) is 32.9 Å². The molecule has 0 bridgehead atoms. The minimum atomic E-state index is 0.0876. The fourth-order valence-electron chi connectivity index (χ4n) is 2.74. The molecule has 0 fully saturated rings. The van der Waals surface area contributed by atoms with Crippen LogP contribution in [0.5, 0.6) is 0 Å². The lowest BCUT2D eigenvalue weighted by atomic mass is 10.1. The molecule has 0 saturated heterocycles. The third kappa shape index (κ3) is 4.46. The maximum atomic E-state index is 8.63. The first kappa shape index (κ1) is 18.5. The van der Waals surface area contributed by atoms with E-state index in [1.807, 2.05) is 61.5 Å². The standard InChI is InChI=1S/C11H10N2O.C11H12N2/c1-8(13-14)9-4-5-11-10(7-9)3-2-6-12-11;1-8(12)9-4-5-11-10(7-9)3-2-6-13-11/h2-7,14H,1H3;2-8H,12H2,1H3/b13-8+;. The van der Waals surface area contributed by atoms with Gasteiger partial charge < -0.3 is 10.9 Å². The molecule has 5 nitrogen and oxygen atoms in total. The van der Waals surface area contributed by atoms with Gasteiger partial charge in [0.05, 0.1) is 16.7 Å². The van der Waals surface area contributed by atoms with Crippen molar-refractivity contribution in [2.75, 3.05) is 0 Å². The molecule has 0 aliphatic rings. The molecule has 0 spiro atoms. The van der Waals surface area contributed by atoms with Crippen LogP contribution in [0.15, 0.2) is 78.2 Å². The topological polar surface area (TPSA) is 84.4 Å². The summed E-state index contributed by atoms with van der Waals surface area (Å²) in [7, 11) is 0. The lowest BCUT2D eigenvalue weighted by Gasteiger charge is -2.05. The number of hydrogen-bond acceptors (Lipinski definition) is 5. The molecule has 4 rings (SSSR count). The van der Waals surface area contributed by atoms with E-state index in [4.69, 9.17) is 10.9 Å². The van der Waals surface area contributed by atoms with Crippen molar-refractivity contribution in [2.45, 2.75) is 19.9 Å². The zero-order chi connectivity index (χ0) is 19.2. The molecule has 3 N–H and O–H groups in total. The van der Waals surface area contributed by atoms with Crippen LogP contribution in [0.3, 0.4) is 0 Å². The Labute approximate surface area is 158 Å². The fraction of sp³-hybridized carbons (Fsp3) is 0.136. The van der Waals surface area contributed by atoms with E-state index in [9.17, 15) is 0 Å². The van der Waals surface area contributed by atoms with Crippen LogP contribution in [0, 0.1) is 0 Å². The Bertz CT molecular complexity index is 1090. The van der Waals surface area contributed by atoms with Crippen LogP contribution >= 0.6 is 0 Å². The van der Waals surface area contributed by atoms with E-state index in [-0.39, 0.29) is 6.04 Å². The summed E-state index contributed by atoms with van der Waals surface area (Å²) >= 11 is 0. The molecule has 2 aromatic carbocycles. The third-order valence-corrected chi connectivity index (χ3v) is 4.32. The van der Waals surface area contributed by atoms with E-state index in [2.05, 4.69) is 21.2 Å².